The van der Waals surface area contributed by atoms with Gasteiger partial charge in [0.15, 0.2) is 5.76 Å². The van der Waals surface area contributed by atoms with Crippen LogP contribution >= 0.6 is 0 Å². The molecule has 6 heteroatoms. The van der Waals surface area contributed by atoms with E-state index >= 15 is 0 Å². The Bertz CT molecular complexity index is 813. The number of aliphatic hydroxyl groups excluding tert-OH is 1. The largest absolute Gasteiger partial charge is 0.502 e. The van der Waals surface area contributed by atoms with Crippen molar-refractivity contribution in [3.05, 3.63) is 65.7 Å². The van der Waals surface area contributed by atoms with Crippen LogP contribution in [0.3, 0.4) is 0 Å². The number of pyridine rings is 1. The van der Waals surface area contributed by atoms with Crippen LogP contribution in [-0.2, 0) is 16.1 Å². The topological polar surface area (TPSA) is 79.7 Å². The molecule has 2 amide bonds. The Morgan fingerprint density at radius 2 is 1.72 bits per heavy atom. The molecule has 0 radical (unpaired) electrons. The average Bonchev–Trinajstić information content (AvgIpc) is 2.85. The van der Waals surface area contributed by atoms with Gasteiger partial charge in [-0.2, -0.15) is 0 Å². The van der Waals surface area contributed by atoms with E-state index in [-0.39, 0.29) is 12.1 Å². The van der Waals surface area contributed by atoms with E-state index in [1.807, 2.05) is 6.92 Å². The molecule has 0 fully saturated rings. The summed E-state index contributed by atoms with van der Waals surface area (Å²) >= 11 is 0. The van der Waals surface area contributed by atoms with E-state index in [0.717, 1.165) is 16.9 Å². The van der Waals surface area contributed by atoms with Gasteiger partial charge in [0.25, 0.3) is 11.8 Å². The van der Waals surface area contributed by atoms with Crippen LogP contribution in [0.15, 0.2) is 54.6 Å². The van der Waals surface area contributed by atoms with Gasteiger partial charge in [-0.05, 0) is 41.8 Å². The molecule has 1 N–H and O–H groups in total. The first-order valence-corrected chi connectivity index (χ1v) is 8.03. The highest BCUT2D eigenvalue weighted by Gasteiger charge is 2.39. The first-order valence-electron chi connectivity index (χ1n) is 8.03. The minimum Gasteiger partial charge on any atom is -0.502 e. The second-order valence-corrected chi connectivity index (χ2v) is 5.65. The molecule has 0 unspecified atom stereocenters. The van der Waals surface area contributed by atoms with Crippen molar-refractivity contribution in [3.8, 4) is 5.75 Å². The van der Waals surface area contributed by atoms with E-state index in [1.54, 1.807) is 48.8 Å². The standard InChI is InChI=1S/C19H18N2O4/c1-2-11-25-15-5-3-14(4-6-15)16-17(22)19(24)21(18(16)23)12-13-7-9-20-10-8-13/h3-10,22H,2,11-12H2,1H3. The fraction of sp³-hybridized carbons (Fsp3) is 0.211. The highest BCUT2D eigenvalue weighted by atomic mass is 16.5. The molecule has 25 heavy (non-hydrogen) atoms. The van der Waals surface area contributed by atoms with Crippen LogP contribution in [0.5, 0.6) is 5.75 Å². The number of rotatable bonds is 6. The molecule has 1 aliphatic rings. The van der Waals surface area contributed by atoms with Gasteiger partial charge in [-0.15, -0.1) is 0 Å². The fourth-order valence-corrected chi connectivity index (χ4v) is 2.58. The van der Waals surface area contributed by atoms with E-state index in [4.69, 9.17) is 4.74 Å². The van der Waals surface area contributed by atoms with Gasteiger partial charge in [-0.1, -0.05) is 19.1 Å². The Kier molecular flexibility index (Phi) is 4.79. The van der Waals surface area contributed by atoms with E-state index in [9.17, 15) is 14.7 Å². The van der Waals surface area contributed by atoms with Gasteiger partial charge in [-0.25, -0.2) is 0 Å². The Morgan fingerprint density at radius 1 is 1.04 bits per heavy atom. The predicted octanol–water partition coefficient (Wildman–Crippen LogP) is 2.71. The number of amides is 2. The normalized spacial score (nSPS) is 14.4. The number of nitrogens with zero attached hydrogens (tertiary/aromatic N) is 2. The van der Waals surface area contributed by atoms with Crippen molar-refractivity contribution in [2.45, 2.75) is 19.9 Å². The molecule has 0 spiro atoms. The minimum atomic E-state index is -0.692. The van der Waals surface area contributed by atoms with Gasteiger partial charge in [0.1, 0.15) is 5.75 Å². The van der Waals surface area contributed by atoms with Crippen molar-refractivity contribution in [3.63, 3.8) is 0 Å². The average molecular weight is 338 g/mol. The summed E-state index contributed by atoms with van der Waals surface area (Å²) in [7, 11) is 0. The number of imide groups is 1. The van der Waals surface area contributed by atoms with Gasteiger partial charge < -0.3 is 9.84 Å². The van der Waals surface area contributed by atoms with Gasteiger partial charge in [-0.3, -0.25) is 19.5 Å². The van der Waals surface area contributed by atoms with Gasteiger partial charge in [0, 0.05) is 12.4 Å². The van der Waals surface area contributed by atoms with Crippen molar-refractivity contribution in [2.75, 3.05) is 6.61 Å². The molecule has 2 heterocycles. The van der Waals surface area contributed by atoms with E-state index in [2.05, 4.69) is 4.98 Å². The maximum Gasteiger partial charge on any atom is 0.296 e. The number of carbonyl (C=O) groups excluding carboxylic acids is 2. The third kappa shape index (κ3) is 3.38. The smallest absolute Gasteiger partial charge is 0.296 e. The molecule has 6 nitrogen and oxygen atoms in total. The summed E-state index contributed by atoms with van der Waals surface area (Å²) < 4.78 is 5.50. The van der Waals surface area contributed by atoms with Crippen molar-refractivity contribution in [1.82, 2.24) is 9.88 Å². The third-order valence-electron chi connectivity index (χ3n) is 3.85. The summed E-state index contributed by atoms with van der Waals surface area (Å²) in [5, 5.41) is 10.2. The fourth-order valence-electron chi connectivity index (χ4n) is 2.58. The summed E-state index contributed by atoms with van der Waals surface area (Å²) in [6, 6.07) is 10.2. The number of benzene rings is 1. The first-order chi connectivity index (χ1) is 12.1. The van der Waals surface area contributed by atoms with Crippen LogP contribution < -0.4 is 4.74 Å². The number of hydrogen-bond acceptors (Lipinski definition) is 5. The maximum atomic E-state index is 12.6. The molecular weight excluding hydrogens is 320 g/mol. The van der Waals surface area contributed by atoms with E-state index in [1.165, 1.54) is 0 Å². The monoisotopic (exact) mass is 338 g/mol. The van der Waals surface area contributed by atoms with Gasteiger partial charge in [0.2, 0.25) is 0 Å². The lowest BCUT2D eigenvalue weighted by Crippen LogP contribution is -2.31. The molecule has 3 rings (SSSR count). The zero-order chi connectivity index (χ0) is 17.8. The van der Waals surface area contributed by atoms with Crippen LogP contribution in [0, 0.1) is 0 Å². The lowest BCUT2D eigenvalue weighted by atomic mass is 10.1. The maximum absolute atomic E-state index is 12.6. The predicted molar refractivity (Wildman–Crippen MR) is 91.6 cm³/mol. The summed E-state index contributed by atoms with van der Waals surface area (Å²) in [4.78, 5) is 29.8. The summed E-state index contributed by atoms with van der Waals surface area (Å²) in [5.41, 5.74) is 1.26. The number of ether oxygens (including phenoxy) is 1. The molecule has 128 valence electrons. The van der Waals surface area contributed by atoms with Gasteiger partial charge in [0.05, 0.1) is 18.7 Å². The Balaban J connectivity index is 1.82. The molecule has 1 aromatic heterocycles. The molecule has 0 saturated carbocycles. The van der Waals surface area contributed by atoms with Crippen molar-refractivity contribution >= 4 is 17.4 Å². The van der Waals surface area contributed by atoms with Crippen LogP contribution in [0.1, 0.15) is 24.5 Å². The third-order valence-corrected chi connectivity index (χ3v) is 3.85. The number of aromatic nitrogens is 1. The number of aliphatic hydroxyl groups is 1. The SMILES string of the molecule is CCCOc1ccc(C2=C(O)C(=O)N(Cc3ccncc3)C2=O)cc1. The van der Waals surface area contributed by atoms with Crippen LogP contribution in [0.4, 0.5) is 0 Å². The highest BCUT2D eigenvalue weighted by Crippen LogP contribution is 2.30. The Hall–Kier alpha value is -3.15. The number of carbonyl (C=O) groups is 2. The van der Waals surface area contributed by atoms with Crippen LogP contribution in [0.2, 0.25) is 0 Å². The van der Waals surface area contributed by atoms with Crippen molar-refractivity contribution in [1.29, 1.82) is 0 Å². The van der Waals surface area contributed by atoms with Gasteiger partial charge >= 0.3 is 0 Å². The summed E-state index contributed by atoms with van der Waals surface area (Å²) in [6.07, 6.45) is 4.07. The number of hydrogen-bond donors (Lipinski definition) is 1. The minimum absolute atomic E-state index is 0.0149. The lowest BCUT2D eigenvalue weighted by molar-refractivity contribution is -0.138. The molecule has 2 aromatic rings. The zero-order valence-corrected chi connectivity index (χ0v) is 13.8. The molecule has 0 aliphatic carbocycles. The summed E-state index contributed by atoms with van der Waals surface area (Å²) in [6.45, 7) is 2.70. The molecule has 0 saturated heterocycles. The quantitative estimate of drug-likeness (QED) is 0.819. The Morgan fingerprint density at radius 3 is 2.36 bits per heavy atom. The Labute approximate surface area is 145 Å². The molecular formula is C19H18N2O4. The van der Waals surface area contributed by atoms with E-state index in [0.29, 0.717) is 17.9 Å². The lowest BCUT2D eigenvalue weighted by Gasteiger charge is -2.14. The van der Waals surface area contributed by atoms with Crippen molar-refractivity contribution < 1.29 is 19.4 Å². The first kappa shape index (κ1) is 16.7. The molecule has 1 aliphatic heterocycles. The van der Waals surface area contributed by atoms with Crippen LogP contribution in [-0.4, -0.2) is 33.4 Å². The second-order valence-electron chi connectivity index (χ2n) is 5.65. The van der Waals surface area contributed by atoms with Crippen molar-refractivity contribution in [2.24, 2.45) is 0 Å². The second kappa shape index (κ2) is 7.17. The highest BCUT2D eigenvalue weighted by molar-refractivity contribution is 6.34. The van der Waals surface area contributed by atoms with Crippen LogP contribution in [0.25, 0.3) is 5.57 Å². The molecule has 0 atom stereocenters. The van der Waals surface area contributed by atoms with E-state index < -0.39 is 17.6 Å². The molecule has 1 aromatic carbocycles. The summed E-state index contributed by atoms with van der Waals surface area (Å²) in [5.74, 6) is -1.05. The zero-order valence-electron chi connectivity index (χ0n) is 13.8. The molecule has 0 bridgehead atoms.